The number of nitrogens with one attached hydrogen (secondary N) is 1. The van der Waals surface area contributed by atoms with Crippen LogP contribution in [0.1, 0.15) is 26.7 Å². The minimum Gasteiger partial charge on any atom is -0.495 e. The minimum absolute atomic E-state index is 0.0113. The van der Waals surface area contributed by atoms with Gasteiger partial charge in [-0.25, -0.2) is 25.9 Å². The van der Waals surface area contributed by atoms with E-state index in [1.54, 1.807) is 6.92 Å². The molecule has 0 spiro atoms. The van der Waals surface area contributed by atoms with E-state index < -0.39 is 26.0 Å². The second-order valence-corrected chi connectivity index (χ2v) is 9.11. The van der Waals surface area contributed by atoms with E-state index in [1.807, 2.05) is 6.92 Å². The Hall–Kier alpha value is -1.65. The van der Waals surface area contributed by atoms with E-state index in [0.717, 1.165) is 6.07 Å². The number of hydrogen-bond donors (Lipinski definition) is 1. The lowest BCUT2D eigenvalue weighted by Gasteiger charge is -2.19. The van der Waals surface area contributed by atoms with Gasteiger partial charge in [0.25, 0.3) is 0 Å². The third-order valence-electron chi connectivity index (χ3n) is 3.72. The van der Waals surface area contributed by atoms with E-state index in [-0.39, 0.29) is 34.5 Å². The molecule has 1 heterocycles. The van der Waals surface area contributed by atoms with Crippen molar-refractivity contribution >= 4 is 31.6 Å². The monoisotopic (exact) mass is 376 g/mol. The minimum atomic E-state index is -3.93. The Labute approximate surface area is 141 Å². The summed E-state index contributed by atoms with van der Waals surface area (Å²) in [5.41, 5.74) is -0.0113. The van der Waals surface area contributed by atoms with Crippen molar-refractivity contribution in [1.29, 1.82) is 0 Å². The first-order valence-electron chi connectivity index (χ1n) is 7.38. The topological polar surface area (TPSA) is 110 Å². The Kier molecular flexibility index (Phi) is 5.21. The molecule has 0 saturated carbocycles. The molecule has 0 radical (unpaired) electrons. The summed E-state index contributed by atoms with van der Waals surface area (Å²) in [4.78, 5) is 11.7. The maximum Gasteiger partial charge on any atom is 0.244 e. The third-order valence-corrected chi connectivity index (χ3v) is 7.02. The third kappa shape index (κ3) is 3.55. The lowest BCUT2D eigenvalue weighted by molar-refractivity contribution is -0.116. The molecule has 1 N–H and O–H groups in total. The number of carbonyl (C=O) groups excluding carboxylic acids is 1. The van der Waals surface area contributed by atoms with Crippen LogP contribution in [0.4, 0.5) is 5.69 Å². The molecule has 10 heteroatoms. The number of anilines is 1. The van der Waals surface area contributed by atoms with Gasteiger partial charge in [-0.3, -0.25) is 4.79 Å². The first-order valence-corrected chi connectivity index (χ1v) is 10.5. The van der Waals surface area contributed by atoms with Crippen LogP contribution >= 0.6 is 0 Å². The van der Waals surface area contributed by atoms with Gasteiger partial charge < -0.3 is 4.74 Å². The number of nitrogens with zero attached hydrogens (tertiary/aromatic N) is 1. The van der Waals surface area contributed by atoms with Crippen LogP contribution in [0.15, 0.2) is 23.1 Å². The second kappa shape index (κ2) is 6.69. The fraction of sp³-hybridized carbons (Fsp3) is 0.500. The molecule has 1 fully saturated rings. The van der Waals surface area contributed by atoms with Gasteiger partial charge in [0.2, 0.25) is 26.0 Å². The summed E-state index contributed by atoms with van der Waals surface area (Å²) in [6, 6.07) is 3.52. The van der Waals surface area contributed by atoms with E-state index in [1.165, 1.54) is 19.2 Å². The Balaban J connectivity index is 2.55. The molecule has 1 aromatic rings. The normalized spacial score (nSPS) is 18.6. The number of rotatable bonds is 6. The van der Waals surface area contributed by atoms with Gasteiger partial charge in [0.05, 0.1) is 18.6 Å². The van der Waals surface area contributed by atoms with Crippen LogP contribution in [-0.2, 0) is 24.8 Å². The molecule has 0 aliphatic carbocycles. The van der Waals surface area contributed by atoms with E-state index in [9.17, 15) is 21.6 Å². The van der Waals surface area contributed by atoms with Gasteiger partial charge in [-0.2, -0.15) is 0 Å². The Morgan fingerprint density at radius 3 is 2.54 bits per heavy atom. The molecule has 1 saturated heterocycles. The van der Waals surface area contributed by atoms with Crippen LogP contribution in [0, 0.1) is 0 Å². The average molecular weight is 376 g/mol. The molecule has 0 unspecified atom stereocenters. The zero-order valence-corrected chi connectivity index (χ0v) is 15.3. The number of carbonyl (C=O) groups is 1. The molecular weight excluding hydrogens is 356 g/mol. The van der Waals surface area contributed by atoms with Crippen molar-refractivity contribution in [3.05, 3.63) is 18.2 Å². The van der Waals surface area contributed by atoms with Crippen molar-refractivity contribution in [2.45, 2.75) is 37.6 Å². The van der Waals surface area contributed by atoms with Crippen LogP contribution in [0.5, 0.6) is 5.75 Å². The van der Waals surface area contributed by atoms with Crippen molar-refractivity contribution in [3.8, 4) is 5.75 Å². The molecule has 0 bridgehead atoms. The summed E-state index contributed by atoms with van der Waals surface area (Å²) < 4.78 is 57.3. The van der Waals surface area contributed by atoms with Crippen molar-refractivity contribution in [1.82, 2.24) is 4.72 Å². The molecule has 24 heavy (non-hydrogen) atoms. The largest absolute Gasteiger partial charge is 0.495 e. The highest BCUT2D eigenvalue weighted by molar-refractivity contribution is 7.94. The Bertz CT molecular complexity index is 848. The summed E-state index contributed by atoms with van der Waals surface area (Å²) in [5, 5.41) is 0. The van der Waals surface area contributed by atoms with E-state index in [4.69, 9.17) is 4.74 Å². The van der Waals surface area contributed by atoms with Crippen LogP contribution in [0.25, 0.3) is 0 Å². The van der Waals surface area contributed by atoms with E-state index >= 15 is 0 Å². The molecule has 134 valence electrons. The van der Waals surface area contributed by atoms with Crippen molar-refractivity contribution < 1.29 is 26.4 Å². The second-order valence-electron chi connectivity index (χ2n) is 5.49. The smallest absolute Gasteiger partial charge is 0.244 e. The fourth-order valence-corrected chi connectivity index (χ4v) is 5.25. The molecule has 2 rings (SSSR count). The van der Waals surface area contributed by atoms with E-state index in [2.05, 4.69) is 4.72 Å². The van der Waals surface area contributed by atoms with Gasteiger partial charge >= 0.3 is 0 Å². The predicted octanol–water partition coefficient (Wildman–Crippen LogP) is 0.838. The number of benzene rings is 1. The van der Waals surface area contributed by atoms with Crippen LogP contribution in [-0.4, -0.2) is 41.6 Å². The standard InChI is InChI=1S/C14H20N2O6S2/c1-4-10(2)15-24(20,21)13-9-11(5-6-12(13)22-3)16-14(17)7-8-23(16,18)19/h5-6,9-10,15H,4,7-8H2,1-3H3/t10-/m0/s1. The van der Waals surface area contributed by atoms with Crippen LogP contribution in [0.3, 0.4) is 0 Å². The molecule has 1 aliphatic heterocycles. The summed E-state index contributed by atoms with van der Waals surface area (Å²) in [5.74, 6) is -0.803. The maximum absolute atomic E-state index is 12.5. The van der Waals surface area contributed by atoms with Gasteiger partial charge in [-0.15, -0.1) is 0 Å². The molecule has 0 aromatic heterocycles. The Morgan fingerprint density at radius 1 is 1.38 bits per heavy atom. The molecule has 1 amide bonds. The number of methoxy groups -OCH3 is 1. The number of ether oxygens (including phenoxy) is 1. The maximum atomic E-state index is 12.5. The molecule has 1 atom stereocenters. The van der Waals surface area contributed by atoms with Crippen molar-refractivity contribution in [2.24, 2.45) is 0 Å². The average Bonchev–Trinajstić information content (AvgIpc) is 2.79. The van der Waals surface area contributed by atoms with Gasteiger partial charge in [0.1, 0.15) is 10.6 Å². The van der Waals surface area contributed by atoms with Crippen molar-refractivity contribution in [3.63, 3.8) is 0 Å². The summed E-state index contributed by atoms with van der Waals surface area (Å²) in [6.07, 6.45) is 0.460. The first kappa shape index (κ1) is 18.7. The molecule has 1 aromatic carbocycles. The van der Waals surface area contributed by atoms with Gasteiger partial charge in [-0.1, -0.05) is 6.92 Å². The van der Waals surface area contributed by atoms with Crippen LogP contribution in [0.2, 0.25) is 0 Å². The lowest BCUT2D eigenvalue weighted by Crippen LogP contribution is -2.33. The molecule has 1 aliphatic rings. The molecular formula is C14H20N2O6S2. The number of amides is 1. The summed E-state index contributed by atoms with van der Waals surface area (Å²) >= 11 is 0. The SMILES string of the molecule is CC[C@H](C)NS(=O)(=O)c1cc(N2C(=O)CCS2(=O)=O)ccc1OC. The first-order chi connectivity index (χ1) is 11.1. The van der Waals surface area contributed by atoms with Crippen LogP contribution < -0.4 is 13.8 Å². The summed E-state index contributed by atoms with van der Waals surface area (Å²) in [6.45, 7) is 3.54. The van der Waals surface area contributed by atoms with Gasteiger partial charge in [0.15, 0.2) is 0 Å². The fourth-order valence-electron chi connectivity index (χ4n) is 2.28. The predicted molar refractivity (Wildman–Crippen MR) is 89.0 cm³/mol. The van der Waals surface area contributed by atoms with Crippen molar-refractivity contribution in [2.75, 3.05) is 17.2 Å². The quantitative estimate of drug-likeness (QED) is 0.788. The highest BCUT2D eigenvalue weighted by Crippen LogP contribution is 2.32. The van der Waals surface area contributed by atoms with Gasteiger partial charge in [-0.05, 0) is 31.5 Å². The highest BCUT2D eigenvalue weighted by atomic mass is 32.2. The zero-order chi connectivity index (χ0) is 18.1. The Morgan fingerprint density at radius 2 is 2.04 bits per heavy atom. The zero-order valence-electron chi connectivity index (χ0n) is 13.6. The number of hydrogen-bond acceptors (Lipinski definition) is 6. The van der Waals surface area contributed by atoms with Gasteiger partial charge in [0, 0.05) is 12.5 Å². The van der Waals surface area contributed by atoms with E-state index in [0.29, 0.717) is 10.7 Å². The number of sulfonamides is 2. The summed E-state index contributed by atoms with van der Waals surface area (Å²) in [7, 11) is -6.39. The molecule has 8 nitrogen and oxygen atoms in total. The highest BCUT2D eigenvalue weighted by Gasteiger charge is 2.37. The lowest BCUT2D eigenvalue weighted by atomic mass is 10.3.